The highest BCUT2D eigenvalue weighted by molar-refractivity contribution is 8.00. The summed E-state index contributed by atoms with van der Waals surface area (Å²) >= 11 is 2.64. The van der Waals surface area contributed by atoms with E-state index in [2.05, 4.69) is 10.2 Å². The van der Waals surface area contributed by atoms with Gasteiger partial charge in [-0.15, -0.1) is 10.2 Å². The summed E-state index contributed by atoms with van der Waals surface area (Å²) in [6.45, 7) is 3.62. The molecular weight excluding hydrogens is 598 g/mol. The van der Waals surface area contributed by atoms with Crippen molar-refractivity contribution < 1.29 is 23.8 Å². The van der Waals surface area contributed by atoms with Gasteiger partial charge in [0.05, 0.1) is 11.6 Å². The smallest absolute Gasteiger partial charge is 0.301 e. The van der Waals surface area contributed by atoms with Gasteiger partial charge in [-0.05, 0) is 60.9 Å². The summed E-state index contributed by atoms with van der Waals surface area (Å²) in [5.74, 6) is -1.09. The molecule has 6 rings (SSSR count). The highest BCUT2D eigenvalue weighted by Crippen LogP contribution is 2.45. The van der Waals surface area contributed by atoms with Gasteiger partial charge in [-0.25, -0.2) is 4.39 Å². The zero-order valence-corrected chi connectivity index (χ0v) is 25.4. The maximum atomic E-state index is 14.5. The number of ketones is 1. The molecular formula is C34H26FN3O4S2. The molecule has 2 heterocycles. The molecule has 0 bridgehead atoms. The van der Waals surface area contributed by atoms with Crippen molar-refractivity contribution in [1.29, 1.82) is 0 Å². The second-order valence-electron chi connectivity index (χ2n) is 10.2. The van der Waals surface area contributed by atoms with Gasteiger partial charge in [-0.3, -0.25) is 14.5 Å². The molecule has 1 unspecified atom stereocenters. The lowest BCUT2D eigenvalue weighted by molar-refractivity contribution is -0.132. The molecule has 0 saturated carbocycles. The van der Waals surface area contributed by atoms with Crippen molar-refractivity contribution in [3.63, 3.8) is 0 Å². The fourth-order valence-corrected chi connectivity index (χ4v) is 6.62. The summed E-state index contributed by atoms with van der Waals surface area (Å²) in [5.41, 5.74) is 3.06. The van der Waals surface area contributed by atoms with Crippen LogP contribution < -0.4 is 9.64 Å². The van der Waals surface area contributed by atoms with E-state index in [1.807, 2.05) is 61.5 Å². The number of carbonyl (C=O) groups is 2. The number of anilines is 1. The molecule has 1 saturated heterocycles. The number of thioether (sulfide) groups is 1. The van der Waals surface area contributed by atoms with E-state index in [9.17, 15) is 19.1 Å². The van der Waals surface area contributed by atoms with Gasteiger partial charge >= 0.3 is 5.91 Å². The number of halogens is 1. The maximum Gasteiger partial charge on any atom is 0.301 e. The lowest BCUT2D eigenvalue weighted by Crippen LogP contribution is -2.29. The Labute approximate surface area is 261 Å². The number of nitrogens with zero attached hydrogens (tertiary/aromatic N) is 3. The average molecular weight is 624 g/mol. The lowest BCUT2D eigenvalue weighted by Gasteiger charge is -2.23. The summed E-state index contributed by atoms with van der Waals surface area (Å²) in [6, 6.07) is 27.4. The number of aromatic nitrogens is 2. The van der Waals surface area contributed by atoms with E-state index in [0.717, 1.165) is 11.6 Å². The average Bonchev–Trinajstić information content (AvgIpc) is 3.60. The fourth-order valence-electron chi connectivity index (χ4n) is 4.80. The van der Waals surface area contributed by atoms with E-state index in [1.165, 1.54) is 45.7 Å². The molecule has 44 heavy (non-hydrogen) atoms. The van der Waals surface area contributed by atoms with Crippen molar-refractivity contribution >= 4 is 45.7 Å². The Balaban J connectivity index is 1.40. The van der Waals surface area contributed by atoms with E-state index in [1.54, 1.807) is 31.2 Å². The zero-order valence-electron chi connectivity index (χ0n) is 23.7. The van der Waals surface area contributed by atoms with Crippen LogP contribution in [-0.2, 0) is 15.3 Å². The number of amides is 1. The first-order valence-electron chi connectivity index (χ1n) is 13.7. The molecule has 5 aromatic rings. The first-order valence-corrected chi connectivity index (χ1v) is 15.5. The van der Waals surface area contributed by atoms with Gasteiger partial charge in [-0.2, -0.15) is 0 Å². The van der Waals surface area contributed by atoms with Crippen LogP contribution in [0.5, 0.6) is 11.5 Å². The number of para-hydroxylation sites is 1. The van der Waals surface area contributed by atoms with Gasteiger partial charge < -0.3 is 9.84 Å². The van der Waals surface area contributed by atoms with Crippen LogP contribution in [0.25, 0.3) is 5.76 Å². The van der Waals surface area contributed by atoms with E-state index in [-0.39, 0.29) is 16.3 Å². The van der Waals surface area contributed by atoms with Gasteiger partial charge in [0, 0.05) is 11.3 Å². The second-order valence-corrected chi connectivity index (χ2v) is 12.4. The topological polar surface area (TPSA) is 92.6 Å². The van der Waals surface area contributed by atoms with Gasteiger partial charge in [0.15, 0.2) is 4.34 Å². The van der Waals surface area contributed by atoms with Crippen molar-refractivity contribution in [1.82, 2.24) is 10.2 Å². The van der Waals surface area contributed by atoms with E-state index in [0.29, 0.717) is 32.7 Å². The minimum atomic E-state index is -1.07. The molecule has 1 aliphatic rings. The minimum Gasteiger partial charge on any atom is -0.507 e. The van der Waals surface area contributed by atoms with E-state index in [4.69, 9.17) is 4.74 Å². The summed E-state index contributed by atoms with van der Waals surface area (Å²) in [4.78, 5) is 28.4. The second kappa shape index (κ2) is 12.4. The number of aryl methyl sites for hydroxylation is 2. The molecule has 1 atom stereocenters. The van der Waals surface area contributed by atoms with Gasteiger partial charge in [0.1, 0.15) is 23.1 Å². The Kier molecular flexibility index (Phi) is 8.28. The van der Waals surface area contributed by atoms with E-state index < -0.39 is 29.3 Å². The van der Waals surface area contributed by atoms with Crippen LogP contribution in [0.15, 0.2) is 107 Å². The van der Waals surface area contributed by atoms with Crippen molar-refractivity contribution in [2.75, 3.05) is 4.90 Å². The number of Topliss-reactive ketones (excluding diaryl/α,β-unsaturated/α-hetero) is 1. The predicted molar refractivity (Wildman–Crippen MR) is 170 cm³/mol. The number of hydrogen-bond donors (Lipinski definition) is 1. The number of hydrogen-bond acceptors (Lipinski definition) is 8. The molecule has 4 aromatic carbocycles. The minimum absolute atomic E-state index is 0.0828. The number of aliphatic hydroxyl groups is 1. The van der Waals surface area contributed by atoms with Crippen molar-refractivity contribution in [2.45, 2.75) is 30.0 Å². The molecule has 1 fully saturated rings. The van der Waals surface area contributed by atoms with Gasteiger partial charge in [0.25, 0.3) is 5.78 Å². The largest absolute Gasteiger partial charge is 0.507 e. The molecule has 220 valence electrons. The Bertz CT molecular complexity index is 1890. The Hall–Kier alpha value is -4.80. The van der Waals surface area contributed by atoms with Crippen LogP contribution >= 0.6 is 23.1 Å². The highest BCUT2D eigenvalue weighted by Gasteiger charge is 2.48. The number of benzene rings is 4. The molecule has 1 aliphatic heterocycles. The standard InChI is InChI=1S/C34H26FN3O4S2/c1-20-11-14-22(15-12-20)19-43-34-37-36-33(44-34)38-29(23-7-6-10-26(17-23)42-25-8-4-3-5-9-25)28(31(40)32(38)41)30(39)24-16-13-21(2)27(35)18-24/h3-18,29,39H,19H2,1-2H3/b30-28-. The van der Waals surface area contributed by atoms with Crippen molar-refractivity contribution in [3.05, 3.63) is 136 Å². The van der Waals surface area contributed by atoms with Gasteiger partial charge in [-0.1, -0.05) is 95.4 Å². The van der Waals surface area contributed by atoms with Crippen LogP contribution in [0, 0.1) is 19.7 Å². The maximum absolute atomic E-state index is 14.5. The van der Waals surface area contributed by atoms with Crippen molar-refractivity contribution in [3.8, 4) is 11.5 Å². The van der Waals surface area contributed by atoms with Crippen LogP contribution in [-0.4, -0.2) is 27.0 Å². The molecule has 1 aromatic heterocycles. The Morgan fingerprint density at radius 1 is 0.932 bits per heavy atom. The Morgan fingerprint density at radius 2 is 1.68 bits per heavy atom. The molecule has 10 heteroatoms. The predicted octanol–water partition coefficient (Wildman–Crippen LogP) is 8.00. The van der Waals surface area contributed by atoms with Gasteiger partial charge in [0.2, 0.25) is 5.13 Å². The third-order valence-electron chi connectivity index (χ3n) is 7.13. The van der Waals surface area contributed by atoms with Crippen LogP contribution in [0.2, 0.25) is 0 Å². The number of ether oxygens (including phenoxy) is 1. The third-order valence-corrected chi connectivity index (χ3v) is 9.25. The molecule has 1 N–H and O–H groups in total. The highest BCUT2D eigenvalue weighted by atomic mass is 32.2. The SMILES string of the molecule is Cc1ccc(CSc2nnc(N3C(=O)C(=O)/C(=C(\O)c4ccc(C)c(F)c4)C3c3cccc(Oc4ccccc4)c3)s2)cc1. The van der Waals surface area contributed by atoms with E-state index >= 15 is 0 Å². The molecule has 7 nitrogen and oxygen atoms in total. The monoisotopic (exact) mass is 623 g/mol. The van der Waals surface area contributed by atoms with Crippen molar-refractivity contribution in [2.24, 2.45) is 0 Å². The van der Waals surface area contributed by atoms with Crippen LogP contribution in [0.3, 0.4) is 0 Å². The fraction of sp³-hybridized carbons (Fsp3) is 0.118. The quantitative estimate of drug-likeness (QED) is 0.0616. The third kappa shape index (κ3) is 5.99. The zero-order chi connectivity index (χ0) is 30.8. The summed E-state index contributed by atoms with van der Waals surface area (Å²) in [5, 5.41) is 20.2. The normalized spacial score (nSPS) is 16.0. The van der Waals surface area contributed by atoms with Crippen LogP contribution in [0.4, 0.5) is 9.52 Å². The number of carbonyl (C=O) groups excluding carboxylic acids is 2. The number of rotatable bonds is 8. The first-order chi connectivity index (χ1) is 21.3. The first kappa shape index (κ1) is 29.3. The summed E-state index contributed by atoms with van der Waals surface area (Å²) in [7, 11) is 0. The number of aliphatic hydroxyl groups excluding tert-OH is 1. The molecule has 0 radical (unpaired) electrons. The Morgan fingerprint density at radius 3 is 2.43 bits per heavy atom. The molecule has 1 amide bonds. The lowest BCUT2D eigenvalue weighted by atomic mass is 9.95. The molecule has 0 aliphatic carbocycles. The summed E-state index contributed by atoms with van der Waals surface area (Å²) in [6.07, 6.45) is 0. The molecule has 0 spiro atoms. The summed E-state index contributed by atoms with van der Waals surface area (Å²) < 4.78 is 21.1. The van der Waals surface area contributed by atoms with Crippen LogP contribution in [0.1, 0.15) is 33.9 Å².